The Labute approximate surface area is 129 Å². The summed E-state index contributed by atoms with van der Waals surface area (Å²) < 4.78 is 7.55. The van der Waals surface area contributed by atoms with Crippen molar-refractivity contribution in [2.75, 3.05) is 34.3 Å². The summed E-state index contributed by atoms with van der Waals surface area (Å²) in [4.78, 5) is 2.18. The van der Waals surface area contributed by atoms with E-state index in [2.05, 4.69) is 47.9 Å². The highest BCUT2D eigenvalue weighted by molar-refractivity contribution is 5.25. The van der Waals surface area contributed by atoms with Crippen LogP contribution in [-0.2, 0) is 13.0 Å². The van der Waals surface area contributed by atoms with Crippen molar-refractivity contribution in [1.82, 2.24) is 20.0 Å². The zero-order chi connectivity index (χ0) is 15.7. The van der Waals surface area contributed by atoms with Crippen LogP contribution in [0.1, 0.15) is 38.8 Å². The molecule has 122 valence electrons. The fourth-order valence-corrected chi connectivity index (χ4v) is 2.41. The lowest BCUT2D eigenvalue weighted by atomic mass is 10.1. The lowest BCUT2D eigenvalue weighted by molar-refractivity contribution is 0.362. The molecule has 1 rings (SSSR count). The second-order valence-corrected chi connectivity index (χ2v) is 5.78. The van der Waals surface area contributed by atoms with Gasteiger partial charge in [-0.2, -0.15) is 5.10 Å². The summed E-state index contributed by atoms with van der Waals surface area (Å²) in [6, 6.07) is 0.576. The van der Waals surface area contributed by atoms with Crippen LogP contribution in [0.4, 0.5) is 0 Å². The molecule has 0 fully saturated rings. The highest BCUT2D eigenvalue weighted by atomic mass is 16.5. The van der Waals surface area contributed by atoms with E-state index in [9.17, 15) is 0 Å². The predicted molar refractivity (Wildman–Crippen MR) is 88.0 cm³/mol. The van der Waals surface area contributed by atoms with Crippen molar-refractivity contribution in [1.29, 1.82) is 0 Å². The molecule has 0 aliphatic rings. The van der Waals surface area contributed by atoms with Crippen LogP contribution in [0, 0.1) is 0 Å². The first-order valence-corrected chi connectivity index (χ1v) is 8.09. The van der Waals surface area contributed by atoms with Gasteiger partial charge in [-0.3, -0.25) is 4.68 Å². The van der Waals surface area contributed by atoms with Gasteiger partial charge in [0.05, 0.1) is 25.5 Å². The van der Waals surface area contributed by atoms with Gasteiger partial charge >= 0.3 is 0 Å². The van der Waals surface area contributed by atoms with Crippen molar-refractivity contribution in [2.24, 2.45) is 0 Å². The number of nitrogens with zero attached hydrogens (tertiary/aromatic N) is 3. The van der Waals surface area contributed by atoms with Crippen LogP contribution in [0.25, 0.3) is 0 Å². The van der Waals surface area contributed by atoms with E-state index < -0.39 is 0 Å². The average Bonchev–Trinajstić information content (AvgIpc) is 2.87. The second-order valence-electron chi connectivity index (χ2n) is 5.78. The number of aromatic nitrogens is 2. The predicted octanol–water partition coefficient (Wildman–Crippen LogP) is 2.16. The maximum Gasteiger partial charge on any atom is 0.159 e. The second kappa shape index (κ2) is 9.79. The highest BCUT2D eigenvalue weighted by Gasteiger charge is 2.14. The van der Waals surface area contributed by atoms with Gasteiger partial charge in [0, 0.05) is 12.6 Å². The monoisotopic (exact) mass is 296 g/mol. The number of nitrogens with one attached hydrogen (secondary N) is 1. The molecule has 1 unspecified atom stereocenters. The summed E-state index contributed by atoms with van der Waals surface area (Å²) in [5.74, 6) is 0.916. The normalized spacial score (nSPS) is 12.9. The Morgan fingerprint density at radius 2 is 2.14 bits per heavy atom. The molecule has 0 aliphatic heterocycles. The standard InChI is InChI=1S/C16H32N4O/c1-6-10-17-14(7-2)8-9-15-16(21-5)13-18-20(15)12-11-19(3)4/h13-14,17H,6-12H2,1-5H3. The van der Waals surface area contributed by atoms with Crippen LogP contribution in [-0.4, -0.2) is 55.0 Å². The minimum absolute atomic E-state index is 0.576. The van der Waals surface area contributed by atoms with Crippen LogP contribution in [0.2, 0.25) is 0 Å². The molecule has 0 amide bonds. The van der Waals surface area contributed by atoms with E-state index in [0.29, 0.717) is 6.04 Å². The molecular weight excluding hydrogens is 264 g/mol. The lowest BCUT2D eigenvalue weighted by Gasteiger charge is -2.18. The molecule has 0 radical (unpaired) electrons. The fraction of sp³-hybridized carbons (Fsp3) is 0.812. The quantitative estimate of drug-likeness (QED) is 0.679. The number of likely N-dealkylation sites (N-methyl/N-ethyl adjacent to an activating group) is 1. The zero-order valence-corrected chi connectivity index (χ0v) is 14.4. The number of ether oxygens (including phenoxy) is 1. The molecule has 1 N–H and O–H groups in total. The topological polar surface area (TPSA) is 42.3 Å². The Balaban J connectivity index is 2.64. The third-order valence-corrected chi connectivity index (χ3v) is 3.79. The lowest BCUT2D eigenvalue weighted by Crippen LogP contribution is -2.30. The van der Waals surface area contributed by atoms with Gasteiger partial charge in [-0.05, 0) is 46.3 Å². The minimum Gasteiger partial charge on any atom is -0.493 e. The number of hydrogen-bond donors (Lipinski definition) is 1. The van der Waals surface area contributed by atoms with Gasteiger partial charge in [-0.1, -0.05) is 13.8 Å². The van der Waals surface area contributed by atoms with Crippen molar-refractivity contribution >= 4 is 0 Å². The fourth-order valence-electron chi connectivity index (χ4n) is 2.41. The van der Waals surface area contributed by atoms with E-state index in [1.54, 1.807) is 7.11 Å². The van der Waals surface area contributed by atoms with E-state index in [0.717, 1.165) is 44.6 Å². The van der Waals surface area contributed by atoms with E-state index >= 15 is 0 Å². The Morgan fingerprint density at radius 3 is 2.71 bits per heavy atom. The Bertz CT molecular complexity index is 390. The van der Waals surface area contributed by atoms with Crippen molar-refractivity contribution in [3.63, 3.8) is 0 Å². The SMILES string of the molecule is CCCNC(CC)CCc1c(OC)cnn1CCN(C)C. The van der Waals surface area contributed by atoms with Gasteiger partial charge in [-0.25, -0.2) is 0 Å². The number of methoxy groups -OCH3 is 1. The summed E-state index contributed by atoms with van der Waals surface area (Å²) >= 11 is 0. The Hall–Kier alpha value is -1.07. The first-order chi connectivity index (χ1) is 10.1. The molecule has 5 nitrogen and oxygen atoms in total. The van der Waals surface area contributed by atoms with Gasteiger partial charge in [0.25, 0.3) is 0 Å². The third kappa shape index (κ3) is 6.06. The molecule has 0 saturated heterocycles. The van der Waals surface area contributed by atoms with Crippen LogP contribution in [0.15, 0.2) is 6.20 Å². The summed E-state index contributed by atoms with van der Waals surface area (Å²) in [5.41, 5.74) is 1.22. The van der Waals surface area contributed by atoms with E-state index in [1.165, 1.54) is 12.1 Å². The summed E-state index contributed by atoms with van der Waals surface area (Å²) in [7, 11) is 5.90. The van der Waals surface area contributed by atoms with Gasteiger partial charge in [0.1, 0.15) is 0 Å². The molecule has 0 bridgehead atoms. The van der Waals surface area contributed by atoms with Gasteiger partial charge in [-0.15, -0.1) is 0 Å². The van der Waals surface area contributed by atoms with E-state index in [4.69, 9.17) is 4.74 Å². The van der Waals surface area contributed by atoms with Gasteiger partial charge in [0.15, 0.2) is 5.75 Å². The van der Waals surface area contributed by atoms with Crippen LogP contribution < -0.4 is 10.1 Å². The van der Waals surface area contributed by atoms with Crippen molar-refractivity contribution in [3.8, 4) is 5.75 Å². The van der Waals surface area contributed by atoms with Crippen LogP contribution in [0.3, 0.4) is 0 Å². The van der Waals surface area contributed by atoms with Crippen molar-refractivity contribution < 1.29 is 4.74 Å². The first kappa shape index (κ1) is 18.0. The molecule has 5 heteroatoms. The third-order valence-electron chi connectivity index (χ3n) is 3.79. The zero-order valence-electron chi connectivity index (χ0n) is 14.4. The number of rotatable bonds is 11. The minimum atomic E-state index is 0.576. The maximum atomic E-state index is 5.46. The number of hydrogen-bond acceptors (Lipinski definition) is 4. The smallest absolute Gasteiger partial charge is 0.159 e. The molecule has 0 aliphatic carbocycles. The molecule has 1 heterocycles. The first-order valence-electron chi connectivity index (χ1n) is 8.09. The van der Waals surface area contributed by atoms with Crippen LogP contribution in [0.5, 0.6) is 5.75 Å². The Morgan fingerprint density at radius 1 is 1.38 bits per heavy atom. The van der Waals surface area contributed by atoms with E-state index in [-0.39, 0.29) is 0 Å². The summed E-state index contributed by atoms with van der Waals surface area (Å²) in [6.45, 7) is 7.44. The average molecular weight is 296 g/mol. The summed E-state index contributed by atoms with van der Waals surface area (Å²) in [6.07, 6.45) is 6.31. The maximum absolute atomic E-state index is 5.46. The molecule has 0 saturated carbocycles. The largest absolute Gasteiger partial charge is 0.493 e. The molecular formula is C16H32N4O. The van der Waals surface area contributed by atoms with Gasteiger partial charge in [0.2, 0.25) is 0 Å². The molecule has 1 aromatic heterocycles. The Kier molecular flexibility index (Phi) is 8.38. The summed E-state index contributed by atoms with van der Waals surface area (Å²) in [5, 5.41) is 8.08. The molecule has 0 spiro atoms. The van der Waals surface area contributed by atoms with Gasteiger partial charge < -0.3 is 15.0 Å². The molecule has 0 aromatic carbocycles. The van der Waals surface area contributed by atoms with Crippen molar-refractivity contribution in [2.45, 2.75) is 52.1 Å². The molecule has 1 atom stereocenters. The molecule has 1 aromatic rings. The van der Waals surface area contributed by atoms with E-state index in [1.807, 2.05) is 6.20 Å². The van der Waals surface area contributed by atoms with Crippen LogP contribution >= 0.6 is 0 Å². The van der Waals surface area contributed by atoms with Crippen molar-refractivity contribution in [3.05, 3.63) is 11.9 Å². The highest BCUT2D eigenvalue weighted by Crippen LogP contribution is 2.20. The molecule has 21 heavy (non-hydrogen) atoms.